The van der Waals surface area contributed by atoms with Crippen molar-refractivity contribution < 1.29 is 14.7 Å². The fourth-order valence-electron chi connectivity index (χ4n) is 1.83. The van der Waals surface area contributed by atoms with E-state index in [1.807, 2.05) is 6.92 Å². The number of nitrogens with zero attached hydrogens (tertiary/aromatic N) is 2. The third-order valence-corrected chi connectivity index (χ3v) is 3.19. The molecule has 0 radical (unpaired) electrons. The van der Waals surface area contributed by atoms with Gasteiger partial charge in [-0.2, -0.15) is 0 Å². The van der Waals surface area contributed by atoms with E-state index in [0.29, 0.717) is 23.7 Å². The van der Waals surface area contributed by atoms with Crippen LogP contribution in [0.4, 0.5) is 0 Å². The van der Waals surface area contributed by atoms with Gasteiger partial charge in [0.25, 0.3) is 5.91 Å². The maximum absolute atomic E-state index is 12.0. The Kier molecular flexibility index (Phi) is 4.59. The molecule has 0 aliphatic rings. The van der Waals surface area contributed by atoms with Crippen LogP contribution in [0.3, 0.4) is 0 Å². The number of nitrogens with one attached hydrogen (secondary N) is 1. The van der Waals surface area contributed by atoms with Crippen LogP contribution in [-0.2, 0) is 6.54 Å². The van der Waals surface area contributed by atoms with Crippen molar-refractivity contribution in [3.63, 3.8) is 0 Å². The van der Waals surface area contributed by atoms with Crippen molar-refractivity contribution in [3.8, 4) is 0 Å². The van der Waals surface area contributed by atoms with E-state index < -0.39 is 5.97 Å². The molecule has 0 unspecified atom stereocenters. The fraction of sp³-hybridized carbons (Fsp3) is 0.214. The molecule has 1 aromatic heterocycles. The van der Waals surface area contributed by atoms with E-state index in [4.69, 9.17) is 16.7 Å². The van der Waals surface area contributed by atoms with Gasteiger partial charge in [-0.3, -0.25) is 4.79 Å². The van der Waals surface area contributed by atoms with Crippen LogP contribution in [0.15, 0.2) is 30.7 Å². The second kappa shape index (κ2) is 6.41. The summed E-state index contributed by atoms with van der Waals surface area (Å²) in [5, 5.41) is 12.0. The van der Waals surface area contributed by atoms with Gasteiger partial charge in [0.15, 0.2) is 5.69 Å². The fourth-order valence-corrected chi connectivity index (χ4v) is 2.00. The lowest BCUT2D eigenvalue weighted by molar-refractivity contribution is 0.0690. The second-order valence-corrected chi connectivity index (χ2v) is 4.95. The highest BCUT2D eigenvalue weighted by Crippen LogP contribution is 2.15. The highest BCUT2D eigenvalue weighted by molar-refractivity contribution is 6.31. The van der Waals surface area contributed by atoms with E-state index in [-0.39, 0.29) is 11.6 Å². The predicted molar refractivity (Wildman–Crippen MR) is 77.7 cm³/mol. The third kappa shape index (κ3) is 3.82. The Morgan fingerprint density at radius 3 is 2.86 bits per heavy atom. The molecular weight excluding hydrogens is 294 g/mol. The average molecular weight is 308 g/mol. The van der Waals surface area contributed by atoms with Gasteiger partial charge in [0.1, 0.15) is 0 Å². The Hall–Kier alpha value is -2.34. The summed E-state index contributed by atoms with van der Waals surface area (Å²) >= 11 is 5.88. The lowest BCUT2D eigenvalue weighted by Crippen LogP contribution is -2.27. The van der Waals surface area contributed by atoms with Gasteiger partial charge in [-0.05, 0) is 24.6 Å². The summed E-state index contributed by atoms with van der Waals surface area (Å²) in [6.45, 7) is 2.63. The second-order valence-electron chi connectivity index (χ2n) is 4.52. The van der Waals surface area contributed by atoms with E-state index in [0.717, 1.165) is 5.56 Å². The normalized spacial score (nSPS) is 10.4. The Morgan fingerprint density at radius 1 is 1.43 bits per heavy atom. The van der Waals surface area contributed by atoms with E-state index in [1.165, 1.54) is 12.5 Å². The van der Waals surface area contributed by atoms with Crippen molar-refractivity contribution in [2.45, 2.75) is 13.5 Å². The molecular formula is C14H14ClN3O3. The van der Waals surface area contributed by atoms with Crippen LogP contribution in [0, 0.1) is 6.92 Å². The van der Waals surface area contributed by atoms with Crippen molar-refractivity contribution in [2.75, 3.05) is 6.54 Å². The first-order chi connectivity index (χ1) is 9.97. The molecule has 0 spiro atoms. The summed E-state index contributed by atoms with van der Waals surface area (Å²) in [6, 6.07) is 5.13. The van der Waals surface area contributed by atoms with Gasteiger partial charge in [0.2, 0.25) is 0 Å². The molecule has 1 amide bonds. The summed E-state index contributed by atoms with van der Waals surface area (Å²) < 4.78 is 1.61. The van der Waals surface area contributed by atoms with Gasteiger partial charge in [0.05, 0.1) is 6.33 Å². The largest absolute Gasteiger partial charge is 0.476 e. The average Bonchev–Trinajstić information content (AvgIpc) is 2.90. The maximum Gasteiger partial charge on any atom is 0.356 e. The van der Waals surface area contributed by atoms with E-state index in [9.17, 15) is 9.59 Å². The number of amides is 1. The smallest absolute Gasteiger partial charge is 0.356 e. The van der Waals surface area contributed by atoms with E-state index in [1.54, 1.807) is 22.8 Å². The molecule has 0 aliphatic heterocycles. The Balaban J connectivity index is 1.92. The summed E-state index contributed by atoms with van der Waals surface area (Å²) in [6.07, 6.45) is 2.83. The van der Waals surface area contributed by atoms with E-state index >= 15 is 0 Å². The molecule has 21 heavy (non-hydrogen) atoms. The number of aromatic carboxylic acids is 1. The van der Waals surface area contributed by atoms with Gasteiger partial charge in [-0.25, -0.2) is 9.78 Å². The number of imidazole rings is 1. The van der Waals surface area contributed by atoms with Gasteiger partial charge in [-0.15, -0.1) is 0 Å². The molecule has 2 N–H and O–H groups in total. The van der Waals surface area contributed by atoms with Crippen LogP contribution in [0.5, 0.6) is 0 Å². The number of carbonyl (C=O) groups excluding carboxylic acids is 1. The van der Waals surface area contributed by atoms with Crippen LogP contribution in [0.2, 0.25) is 5.02 Å². The molecule has 0 atom stereocenters. The first-order valence-corrected chi connectivity index (χ1v) is 6.64. The SMILES string of the molecule is Cc1ccc(Cl)cc1C(=O)NCCn1cnc(C(=O)O)c1. The topological polar surface area (TPSA) is 84.2 Å². The molecule has 0 bridgehead atoms. The van der Waals surface area contributed by atoms with Crippen LogP contribution in [-0.4, -0.2) is 33.1 Å². The van der Waals surface area contributed by atoms with Crippen molar-refractivity contribution in [3.05, 3.63) is 52.6 Å². The molecule has 0 fully saturated rings. The van der Waals surface area contributed by atoms with Gasteiger partial charge < -0.3 is 15.0 Å². The zero-order chi connectivity index (χ0) is 15.4. The van der Waals surface area contributed by atoms with Crippen molar-refractivity contribution >= 4 is 23.5 Å². The Labute approximate surface area is 126 Å². The first kappa shape index (κ1) is 15.1. The number of hydrogen-bond acceptors (Lipinski definition) is 3. The summed E-state index contributed by atoms with van der Waals surface area (Å²) in [5.74, 6) is -1.29. The van der Waals surface area contributed by atoms with Crippen LogP contribution in [0.1, 0.15) is 26.4 Å². The van der Waals surface area contributed by atoms with Crippen molar-refractivity contribution in [1.82, 2.24) is 14.9 Å². The van der Waals surface area contributed by atoms with Gasteiger partial charge >= 0.3 is 5.97 Å². The summed E-state index contributed by atoms with van der Waals surface area (Å²) in [4.78, 5) is 26.5. The van der Waals surface area contributed by atoms with Gasteiger partial charge in [0, 0.05) is 29.9 Å². The molecule has 7 heteroatoms. The number of halogens is 1. The number of rotatable bonds is 5. The number of carbonyl (C=O) groups is 2. The molecule has 2 aromatic rings. The van der Waals surface area contributed by atoms with Crippen LogP contribution >= 0.6 is 11.6 Å². The zero-order valence-corrected chi connectivity index (χ0v) is 12.1. The summed E-state index contributed by atoms with van der Waals surface area (Å²) in [7, 11) is 0. The van der Waals surface area contributed by atoms with Crippen molar-refractivity contribution in [2.24, 2.45) is 0 Å². The predicted octanol–water partition coefficient (Wildman–Crippen LogP) is 1.97. The Morgan fingerprint density at radius 2 is 2.19 bits per heavy atom. The van der Waals surface area contributed by atoms with Crippen molar-refractivity contribution in [1.29, 1.82) is 0 Å². The number of carboxylic acids is 1. The maximum atomic E-state index is 12.0. The van der Waals surface area contributed by atoms with Gasteiger partial charge in [-0.1, -0.05) is 17.7 Å². The molecule has 1 heterocycles. The summed E-state index contributed by atoms with van der Waals surface area (Å²) in [5.41, 5.74) is 1.35. The molecule has 0 saturated heterocycles. The minimum absolute atomic E-state index is 0.0213. The van der Waals surface area contributed by atoms with Crippen LogP contribution in [0.25, 0.3) is 0 Å². The molecule has 0 saturated carbocycles. The highest BCUT2D eigenvalue weighted by Gasteiger charge is 2.10. The number of aryl methyl sites for hydroxylation is 1. The minimum atomic E-state index is -1.08. The first-order valence-electron chi connectivity index (χ1n) is 6.27. The number of carboxylic acid groups (broad SMARTS) is 1. The molecule has 6 nitrogen and oxygen atoms in total. The Bertz CT molecular complexity index is 682. The molecule has 1 aromatic carbocycles. The molecule has 2 rings (SSSR count). The lowest BCUT2D eigenvalue weighted by atomic mass is 10.1. The number of hydrogen-bond donors (Lipinski definition) is 2. The van der Waals surface area contributed by atoms with E-state index in [2.05, 4.69) is 10.3 Å². The van der Waals surface area contributed by atoms with Crippen LogP contribution < -0.4 is 5.32 Å². The standard InChI is InChI=1S/C14H14ClN3O3/c1-9-2-3-10(15)6-11(9)13(19)16-4-5-18-7-12(14(20)21)17-8-18/h2-3,6-8H,4-5H2,1H3,(H,16,19)(H,20,21). The zero-order valence-electron chi connectivity index (χ0n) is 11.3. The molecule has 110 valence electrons. The molecule has 0 aliphatic carbocycles. The quantitative estimate of drug-likeness (QED) is 0.884. The minimum Gasteiger partial charge on any atom is -0.476 e. The highest BCUT2D eigenvalue weighted by atomic mass is 35.5. The lowest BCUT2D eigenvalue weighted by Gasteiger charge is -2.08. The number of benzene rings is 1. The monoisotopic (exact) mass is 307 g/mol. The third-order valence-electron chi connectivity index (χ3n) is 2.95. The number of aromatic nitrogens is 2.